The molecule has 73 heavy (non-hydrogen) atoms. The summed E-state index contributed by atoms with van der Waals surface area (Å²) in [5.74, 6) is -3.44. The van der Waals surface area contributed by atoms with Crippen molar-refractivity contribution in [3.05, 3.63) is 88.2 Å². The molecular weight excluding hydrogens is 980 g/mol. The van der Waals surface area contributed by atoms with Crippen LogP contribution in [0.1, 0.15) is 133 Å². The summed E-state index contributed by atoms with van der Waals surface area (Å²) >= 11 is 0. The zero-order valence-corrected chi connectivity index (χ0v) is 43.7. The first-order valence-electron chi connectivity index (χ1n) is 25.2. The maximum absolute atomic E-state index is 14.2. The molecule has 0 saturated carbocycles. The highest BCUT2D eigenvalue weighted by Crippen LogP contribution is 2.32. The van der Waals surface area contributed by atoms with Crippen LogP contribution in [0.3, 0.4) is 0 Å². The first-order chi connectivity index (χ1) is 34.3. The lowest BCUT2D eigenvalue weighted by Gasteiger charge is -2.32. The fourth-order valence-electron chi connectivity index (χ4n) is 10.1. The van der Waals surface area contributed by atoms with Crippen molar-refractivity contribution < 1.29 is 38.4 Å². The van der Waals surface area contributed by atoms with E-state index in [0.29, 0.717) is 38.8 Å². The zero-order chi connectivity index (χ0) is 50.6. The fraction of sp³-hybridized carbons (Fsp3) is 0.549. The van der Waals surface area contributed by atoms with Gasteiger partial charge in [-0.25, -0.2) is 0 Å². The van der Waals surface area contributed by atoms with Crippen LogP contribution in [-0.2, 0) is 41.6 Å². The quantitative estimate of drug-likeness (QED) is 0.0791. The summed E-state index contributed by atoms with van der Waals surface area (Å²) in [6.45, 7) is 3.89. The van der Waals surface area contributed by atoms with Crippen LogP contribution in [0.4, 0.5) is 0 Å². The SMILES string of the molecule is CN[C@@H](C)C(=O)N[C@@H](CCNC(=O)c1cc(C(=O)NCC[C@H](NC(=O)[C@H](C)NC)C(=O)N2CCC[C@H]2C(=O)N[C@@H]2CCCc3ccccc32)[nH]n1)C(=O)N1CCC[C@H]1C(=O)N[C@@H]1CCCc2ccccc21.Cl.Cl. The second kappa shape index (κ2) is 27.3. The molecule has 1 aromatic heterocycles. The smallest absolute Gasteiger partial charge is 0.271 e. The Kier molecular flexibility index (Phi) is 21.6. The molecule has 2 fully saturated rings. The maximum atomic E-state index is 14.2. The molecule has 2 aromatic carbocycles. The van der Waals surface area contributed by atoms with E-state index in [4.69, 9.17) is 0 Å². The van der Waals surface area contributed by atoms with Gasteiger partial charge in [-0.15, -0.1) is 24.8 Å². The number of H-pyrrole nitrogens is 1. The second-order valence-corrected chi connectivity index (χ2v) is 19.1. The van der Waals surface area contributed by atoms with Gasteiger partial charge >= 0.3 is 0 Å². The van der Waals surface area contributed by atoms with Gasteiger partial charge in [-0.3, -0.25) is 43.5 Å². The van der Waals surface area contributed by atoms with Gasteiger partial charge in [-0.2, -0.15) is 5.10 Å². The lowest BCUT2D eigenvalue weighted by Crippen LogP contribution is -2.56. The van der Waals surface area contributed by atoms with E-state index in [0.717, 1.165) is 49.7 Å². The average Bonchev–Trinajstić information content (AvgIpc) is 4.20. The van der Waals surface area contributed by atoms with Gasteiger partial charge in [0.2, 0.25) is 35.4 Å². The van der Waals surface area contributed by atoms with Gasteiger partial charge in [0.15, 0.2) is 5.69 Å². The number of fused-ring (bicyclic) bond motifs is 2. The number of rotatable bonds is 20. The number of aryl methyl sites for hydroxylation is 2. The molecule has 2 aliphatic heterocycles. The molecule has 0 bridgehead atoms. The monoisotopic (exact) mass is 1050 g/mol. The third-order valence-electron chi connectivity index (χ3n) is 14.4. The number of likely N-dealkylation sites (N-methyl/N-ethyl adjacent to an activating group) is 2. The van der Waals surface area contributed by atoms with Crippen molar-refractivity contribution in [1.82, 2.24) is 62.5 Å². The fourth-order valence-corrected chi connectivity index (χ4v) is 10.1. The molecule has 3 aromatic rings. The van der Waals surface area contributed by atoms with Gasteiger partial charge in [0.05, 0.1) is 24.2 Å². The number of hydrogen-bond donors (Lipinski definition) is 9. The van der Waals surface area contributed by atoms with Crippen molar-refractivity contribution in [2.24, 2.45) is 0 Å². The molecule has 0 radical (unpaired) electrons. The Labute approximate surface area is 439 Å². The Bertz CT molecular complexity index is 2280. The number of amides is 8. The van der Waals surface area contributed by atoms with E-state index < -0.39 is 71.7 Å². The van der Waals surface area contributed by atoms with Crippen LogP contribution in [0.15, 0.2) is 54.6 Å². The Balaban J connectivity index is 0.00000494. The molecule has 0 spiro atoms. The van der Waals surface area contributed by atoms with Crippen LogP contribution < -0.4 is 42.5 Å². The number of likely N-dealkylation sites (tertiary alicyclic amines) is 2. The summed E-state index contributed by atoms with van der Waals surface area (Å²) in [4.78, 5) is 112. The summed E-state index contributed by atoms with van der Waals surface area (Å²) in [5.41, 5.74) is 4.44. The van der Waals surface area contributed by atoms with Crippen LogP contribution in [0.25, 0.3) is 0 Å². The first kappa shape index (κ1) is 57.8. The Hall–Kier alpha value is -6.09. The lowest BCUT2D eigenvalue weighted by molar-refractivity contribution is -0.142. The predicted molar refractivity (Wildman–Crippen MR) is 278 cm³/mol. The van der Waals surface area contributed by atoms with Crippen LogP contribution in [0.2, 0.25) is 0 Å². The number of nitrogens with zero attached hydrogens (tertiary/aromatic N) is 3. The summed E-state index contributed by atoms with van der Waals surface area (Å²) in [5, 5.41) is 29.8. The number of aromatic nitrogens is 2. The molecule has 8 amide bonds. The average molecular weight is 1050 g/mol. The molecule has 9 N–H and O–H groups in total. The molecule has 20 nitrogen and oxygen atoms in total. The summed E-state index contributed by atoms with van der Waals surface area (Å²) in [6, 6.07) is 12.3. The highest BCUT2D eigenvalue weighted by molar-refractivity contribution is 5.98. The first-order valence-corrected chi connectivity index (χ1v) is 25.2. The molecule has 2 saturated heterocycles. The van der Waals surface area contributed by atoms with E-state index in [1.54, 1.807) is 27.9 Å². The number of nitrogens with one attached hydrogen (secondary N) is 9. The van der Waals surface area contributed by atoms with Crippen LogP contribution >= 0.6 is 24.8 Å². The summed E-state index contributed by atoms with van der Waals surface area (Å²) in [6.07, 6.45) is 7.58. The zero-order valence-electron chi connectivity index (χ0n) is 42.1. The van der Waals surface area contributed by atoms with E-state index in [9.17, 15) is 38.4 Å². The van der Waals surface area contributed by atoms with Crippen LogP contribution in [-0.4, -0.2) is 144 Å². The van der Waals surface area contributed by atoms with E-state index in [2.05, 4.69) is 64.9 Å². The minimum absolute atomic E-state index is 0. The molecular formula is C51H72Cl2N12O8. The topological polar surface area (TPSA) is 268 Å². The van der Waals surface area contributed by atoms with Crippen molar-refractivity contribution in [3.8, 4) is 0 Å². The molecule has 398 valence electrons. The largest absolute Gasteiger partial charge is 0.351 e. The highest BCUT2D eigenvalue weighted by atomic mass is 35.5. The van der Waals surface area contributed by atoms with Gasteiger partial charge in [0.1, 0.15) is 29.9 Å². The summed E-state index contributed by atoms with van der Waals surface area (Å²) in [7, 11) is 3.25. The minimum atomic E-state index is -1.06. The number of benzene rings is 2. The Morgan fingerprint density at radius 1 is 0.616 bits per heavy atom. The molecule has 3 heterocycles. The predicted octanol–water partition coefficient (Wildman–Crippen LogP) is 2.05. The number of carbonyl (C=O) groups is 8. The number of hydrogen-bond acceptors (Lipinski definition) is 11. The van der Waals surface area contributed by atoms with E-state index in [1.807, 2.05) is 36.4 Å². The Morgan fingerprint density at radius 2 is 1.05 bits per heavy atom. The van der Waals surface area contributed by atoms with Gasteiger partial charge in [-0.1, -0.05) is 48.5 Å². The standard InChI is InChI=1S/C51H70N12O8.2ClH/c1-30(52-3)44(64)58-38(50(70)62-27-11-21-42(62)48(68)56-36-19-9-15-32-13-5-7-17-34(32)36)23-25-54-46(66)40-29-41(61-60-40)47(67)55-26-24-39(59-45(65)31(2)53-4)51(71)63-28-12-22-43(63)49(69)57-37-20-10-16-33-14-6-8-18-35(33)37;;/h5-8,13-14,17-18,29-31,36-39,42-43,52-53H,9-12,15-16,19-28H2,1-4H3,(H,54,66)(H,55,67)(H,56,68)(H,57,69)(H,58,64)(H,59,65)(H,60,61);2*1H/t30-,31-,36+,37+,38-,39-,42-,43-;;/m0../s1. The number of carbonyl (C=O) groups excluding carboxylic acids is 8. The van der Waals surface area contributed by atoms with Crippen LogP contribution in [0, 0.1) is 0 Å². The molecule has 4 aliphatic rings. The molecule has 22 heteroatoms. The van der Waals surface area contributed by atoms with Crippen molar-refractivity contribution in [1.29, 1.82) is 0 Å². The third-order valence-corrected chi connectivity index (χ3v) is 14.4. The van der Waals surface area contributed by atoms with Crippen LogP contribution in [0.5, 0.6) is 0 Å². The van der Waals surface area contributed by atoms with E-state index >= 15 is 0 Å². The third kappa shape index (κ3) is 14.4. The Morgan fingerprint density at radius 3 is 1.51 bits per heavy atom. The van der Waals surface area contributed by atoms with Gasteiger partial charge < -0.3 is 52.3 Å². The van der Waals surface area contributed by atoms with Gasteiger partial charge in [-0.05, 0) is 127 Å². The number of aromatic amines is 1. The molecule has 2 aliphatic carbocycles. The van der Waals surface area contributed by atoms with E-state index in [1.165, 1.54) is 27.0 Å². The normalized spacial score (nSPS) is 20.5. The molecule has 7 rings (SSSR count). The minimum Gasteiger partial charge on any atom is -0.351 e. The van der Waals surface area contributed by atoms with Gasteiger partial charge in [0, 0.05) is 32.2 Å². The second-order valence-electron chi connectivity index (χ2n) is 19.1. The highest BCUT2D eigenvalue weighted by Gasteiger charge is 2.41. The van der Waals surface area contributed by atoms with Crippen molar-refractivity contribution in [2.45, 2.75) is 139 Å². The van der Waals surface area contributed by atoms with Crippen molar-refractivity contribution in [3.63, 3.8) is 0 Å². The van der Waals surface area contributed by atoms with Crippen molar-refractivity contribution >= 4 is 72.1 Å². The maximum Gasteiger partial charge on any atom is 0.271 e. The van der Waals surface area contributed by atoms with Gasteiger partial charge in [0.25, 0.3) is 11.8 Å². The summed E-state index contributed by atoms with van der Waals surface area (Å²) < 4.78 is 0. The van der Waals surface area contributed by atoms with Crippen molar-refractivity contribution in [2.75, 3.05) is 40.3 Å². The molecule has 0 unspecified atom stereocenters. The number of halogens is 2. The molecule has 8 atom stereocenters. The lowest BCUT2D eigenvalue weighted by atomic mass is 9.87. The van der Waals surface area contributed by atoms with E-state index in [-0.39, 0.29) is 86.0 Å².